The van der Waals surface area contributed by atoms with E-state index in [4.69, 9.17) is 4.74 Å². The molecular formula is C21H18O3. The molecule has 0 N–H and O–H groups in total. The van der Waals surface area contributed by atoms with Gasteiger partial charge >= 0.3 is 0 Å². The summed E-state index contributed by atoms with van der Waals surface area (Å²) in [6.45, 7) is 1.80. The molecule has 0 unspecified atom stereocenters. The highest BCUT2D eigenvalue weighted by atomic mass is 16.5. The van der Waals surface area contributed by atoms with E-state index in [2.05, 4.69) is 0 Å². The van der Waals surface area contributed by atoms with Gasteiger partial charge in [-0.3, -0.25) is 9.59 Å². The molecule has 0 aliphatic rings. The summed E-state index contributed by atoms with van der Waals surface area (Å²) in [5.41, 5.74) is 1.29. The molecule has 0 radical (unpaired) electrons. The van der Waals surface area contributed by atoms with Crippen molar-refractivity contribution in [3.8, 4) is 5.75 Å². The van der Waals surface area contributed by atoms with Gasteiger partial charge in [-0.1, -0.05) is 43.3 Å². The summed E-state index contributed by atoms with van der Waals surface area (Å²) in [6, 6.07) is 20.4. The standard InChI is InChI=1S/C21H18O3/c1-2-20(22)16-9-11-19(12-10-16)24-14-21(23)18-8-7-15-5-3-4-6-17(15)13-18/h3-13H,2,14H2,1H3. The molecule has 3 heteroatoms. The van der Waals surface area contributed by atoms with Crippen LogP contribution in [0.3, 0.4) is 0 Å². The first-order valence-electron chi connectivity index (χ1n) is 7.95. The number of carbonyl (C=O) groups excluding carboxylic acids is 2. The molecular weight excluding hydrogens is 300 g/mol. The summed E-state index contributed by atoms with van der Waals surface area (Å²) >= 11 is 0. The Bertz CT molecular complexity index is 879. The lowest BCUT2D eigenvalue weighted by Gasteiger charge is -2.07. The van der Waals surface area contributed by atoms with Gasteiger partial charge in [0.1, 0.15) is 5.75 Å². The number of benzene rings is 3. The van der Waals surface area contributed by atoms with Gasteiger partial charge in [-0.05, 0) is 41.1 Å². The summed E-state index contributed by atoms with van der Waals surface area (Å²) < 4.78 is 5.54. The molecule has 0 bridgehead atoms. The van der Waals surface area contributed by atoms with Crippen LogP contribution in [0.2, 0.25) is 0 Å². The van der Waals surface area contributed by atoms with E-state index in [1.54, 1.807) is 24.3 Å². The summed E-state index contributed by atoms with van der Waals surface area (Å²) in [6.07, 6.45) is 0.473. The largest absolute Gasteiger partial charge is 0.485 e. The minimum Gasteiger partial charge on any atom is -0.485 e. The number of hydrogen-bond acceptors (Lipinski definition) is 3. The molecule has 0 spiro atoms. The van der Waals surface area contributed by atoms with Crippen molar-refractivity contribution in [3.63, 3.8) is 0 Å². The maximum atomic E-state index is 12.3. The zero-order valence-corrected chi connectivity index (χ0v) is 13.5. The van der Waals surface area contributed by atoms with E-state index < -0.39 is 0 Å². The number of hydrogen-bond donors (Lipinski definition) is 0. The topological polar surface area (TPSA) is 43.4 Å². The Morgan fingerprint density at radius 2 is 1.46 bits per heavy atom. The number of ether oxygens (including phenoxy) is 1. The van der Waals surface area contributed by atoms with Gasteiger partial charge in [-0.15, -0.1) is 0 Å². The Balaban J connectivity index is 1.67. The molecule has 0 aromatic heterocycles. The van der Waals surface area contributed by atoms with Gasteiger partial charge in [0, 0.05) is 17.5 Å². The highest BCUT2D eigenvalue weighted by Gasteiger charge is 2.08. The quantitative estimate of drug-likeness (QED) is 0.619. The molecule has 3 rings (SSSR count). The molecule has 0 atom stereocenters. The third-order valence-corrected chi connectivity index (χ3v) is 3.94. The normalized spacial score (nSPS) is 10.5. The van der Waals surface area contributed by atoms with E-state index in [0.717, 1.165) is 10.8 Å². The van der Waals surface area contributed by atoms with E-state index in [1.807, 2.05) is 49.4 Å². The molecule has 0 saturated heterocycles. The molecule has 0 fully saturated rings. The van der Waals surface area contributed by atoms with Gasteiger partial charge in [0.15, 0.2) is 18.2 Å². The second-order valence-corrected chi connectivity index (χ2v) is 5.57. The molecule has 3 aromatic rings. The van der Waals surface area contributed by atoms with Gasteiger partial charge in [0.2, 0.25) is 0 Å². The van der Waals surface area contributed by atoms with Gasteiger partial charge in [-0.25, -0.2) is 0 Å². The minimum absolute atomic E-state index is 0.0284. The van der Waals surface area contributed by atoms with Crippen LogP contribution in [-0.4, -0.2) is 18.2 Å². The van der Waals surface area contributed by atoms with E-state index >= 15 is 0 Å². The van der Waals surface area contributed by atoms with Crippen LogP contribution in [0.1, 0.15) is 34.1 Å². The molecule has 0 heterocycles. The minimum atomic E-state index is -0.0746. The van der Waals surface area contributed by atoms with Crippen molar-refractivity contribution in [2.75, 3.05) is 6.61 Å². The highest BCUT2D eigenvalue weighted by Crippen LogP contribution is 2.17. The van der Waals surface area contributed by atoms with Gasteiger partial charge < -0.3 is 4.74 Å². The van der Waals surface area contributed by atoms with Gasteiger partial charge in [0.05, 0.1) is 0 Å². The lowest BCUT2D eigenvalue weighted by Crippen LogP contribution is -2.11. The maximum Gasteiger partial charge on any atom is 0.200 e. The fourth-order valence-corrected chi connectivity index (χ4v) is 2.54. The second-order valence-electron chi connectivity index (χ2n) is 5.57. The Morgan fingerprint density at radius 1 is 0.792 bits per heavy atom. The first-order valence-corrected chi connectivity index (χ1v) is 7.95. The molecule has 0 aliphatic carbocycles. The van der Waals surface area contributed by atoms with Crippen LogP contribution in [-0.2, 0) is 0 Å². The third-order valence-electron chi connectivity index (χ3n) is 3.94. The van der Waals surface area contributed by atoms with E-state index in [1.165, 1.54) is 0 Å². The smallest absolute Gasteiger partial charge is 0.200 e. The number of carbonyl (C=O) groups is 2. The number of fused-ring (bicyclic) bond motifs is 1. The fourth-order valence-electron chi connectivity index (χ4n) is 2.54. The Hall–Kier alpha value is -2.94. The van der Waals surface area contributed by atoms with Crippen LogP contribution in [0.25, 0.3) is 10.8 Å². The van der Waals surface area contributed by atoms with Crippen molar-refractivity contribution in [2.24, 2.45) is 0 Å². The highest BCUT2D eigenvalue weighted by molar-refractivity contribution is 6.01. The number of rotatable bonds is 6. The molecule has 3 nitrogen and oxygen atoms in total. The van der Waals surface area contributed by atoms with Crippen LogP contribution >= 0.6 is 0 Å². The summed E-state index contributed by atoms with van der Waals surface area (Å²) in [5.74, 6) is 0.597. The Kier molecular flexibility index (Phi) is 4.71. The Labute approximate surface area is 140 Å². The fraction of sp³-hybridized carbons (Fsp3) is 0.143. The zero-order chi connectivity index (χ0) is 16.9. The SMILES string of the molecule is CCC(=O)c1ccc(OCC(=O)c2ccc3ccccc3c2)cc1. The van der Waals surface area contributed by atoms with Crippen LogP contribution in [0.4, 0.5) is 0 Å². The van der Waals surface area contributed by atoms with E-state index in [0.29, 0.717) is 23.3 Å². The average Bonchev–Trinajstić information content (AvgIpc) is 2.65. The second kappa shape index (κ2) is 7.09. The van der Waals surface area contributed by atoms with Crippen LogP contribution in [0.15, 0.2) is 66.7 Å². The number of ketones is 2. The lowest BCUT2D eigenvalue weighted by atomic mass is 10.0. The molecule has 0 aliphatic heterocycles. The molecule has 3 aromatic carbocycles. The van der Waals surface area contributed by atoms with Crippen LogP contribution < -0.4 is 4.74 Å². The first kappa shape index (κ1) is 15.9. The molecule has 0 amide bonds. The third kappa shape index (κ3) is 3.51. The summed E-state index contributed by atoms with van der Waals surface area (Å²) in [5, 5.41) is 2.14. The Morgan fingerprint density at radius 3 is 2.17 bits per heavy atom. The van der Waals surface area contributed by atoms with Gasteiger partial charge in [0.25, 0.3) is 0 Å². The zero-order valence-electron chi connectivity index (χ0n) is 13.5. The predicted molar refractivity (Wildman–Crippen MR) is 94.8 cm³/mol. The van der Waals surface area contributed by atoms with Crippen molar-refractivity contribution in [3.05, 3.63) is 77.9 Å². The van der Waals surface area contributed by atoms with Crippen molar-refractivity contribution in [1.82, 2.24) is 0 Å². The molecule has 120 valence electrons. The maximum absolute atomic E-state index is 12.3. The van der Waals surface area contributed by atoms with Crippen molar-refractivity contribution < 1.29 is 14.3 Å². The van der Waals surface area contributed by atoms with E-state index in [-0.39, 0.29) is 18.2 Å². The molecule has 0 saturated carbocycles. The van der Waals surface area contributed by atoms with Gasteiger partial charge in [-0.2, -0.15) is 0 Å². The molecule has 24 heavy (non-hydrogen) atoms. The summed E-state index contributed by atoms with van der Waals surface area (Å²) in [7, 11) is 0. The van der Waals surface area contributed by atoms with E-state index in [9.17, 15) is 9.59 Å². The lowest BCUT2D eigenvalue weighted by molar-refractivity contribution is 0.0920. The monoisotopic (exact) mass is 318 g/mol. The van der Waals surface area contributed by atoms with Crippen LogP contribution in [0.5, 0.6) is 5.75 Å². The summed E-state index contributed by atoms with van der Waals surface area (Å²) in [4.78, 5) is 23.9. The number of Topliss-reactive ketones (excluding diaryl/α,β-unsaturated/α-hetero) is 2. The first-order chi connectivity index (χ1) is 11.7. The van der Waals surface area contributed by atoms with Crippen molar-refractivity contribution in [2.45, 2.75) is 13.3 Å². The van der Waals surface area contributed by atoms with Crippen molar-refractivity contribution >= 4 is 22.3 Å². The average molecular weight is 318 g/mol. The predicted octanol–water partition coefficient (Wildman–Crippen LogP) is 4.69. The van der Waals surface area contributed by atoms with Crippen LogP contribution in [0, 0.1) is 0 Å². The van der Waals surface area contributed by atoms with Crippen molar-refractivity contribution in [1.29, 1.82) is 0 Å².